The Kier molecular flexibility index (Phi) is 5.28. The molecular formula is C10H14BrNO2S. The van der Waals surface area contributed by atoms with Crippen LogP contribution in [0.5, 0.6) is 0 Å². The fourth-order valence-electron chi connectivity index (χ4n) is 1.14. The number of rotatable bonds is 5. The predicted molar refractivity (Wildman–Crippen MR) is 64.9 cm³/mol. The molecule has 0 saturated carbocycles. The van der Waals surface area contributed by atoms with Crippen LogP contribution in [0, 0.1) is 5.92 Å². The number of hydrogen-bond donors (Lipinski definition) is 1. The summed E-state index contributed by atoms with van der Waals surface area (Å²) in [5.41, 5.74) is 0. The van der Waals surface area contributed by atoms with Crippen molar-refractivity contribution < 1.29 is 9.53 Å². The van der Waals surface area contributed by atoms with Gasteiger partial charge in [0.15, 0.2) is 0 Å². The van der Waals surface area contributed by atoms with Crippen LogP contribution >= 0.6 is 27.3 Å². The van der Waals surface area contributed by atoms with E-state index in [1.807, 2.05) is 12.3 Å². The van der Waals surface area contributed by atoms with Gasteiger partial charge in [-0.2, -0.15) is 0 Å². The van der Waals surface area contributed by atoms with Crippen LogP contribution in [0.4, 0.5) is 0 Å². The first kappa shape index (κ1) is 12.7. The second-order valence-corrected chi connectivity index (χ2v) is 5.20. The van der Waals surface area contributed by atoms with Crippen LogP contribution in [0.25, 0.3) is 0 Å². The molecule has 15 heavy (non-hydrogen) atoms. The summed E-state index contributed by atoms with van der Waals surface area (Å²) in [7, 11) is 1.41. The van der Waals surface area contributed by atoms with Crippen molar-refractivity contribution in [1.82, 2.24) is 5.32 Å². The maximum atomic E-state index is 11.1. The van der Waals surface area contributed by atoms with Crippen molar-refractivity contribution in [2.45, 2.75) is 13.5 Å². The molecule has 0 aromatic carbocycles. The molecule has 84 valence electrons. The molecule has 1 atom stereocenters. The Balaban J connectivity index is 2.24. The quantitative estimate of drug-likeness (QED) is 0.847. The van der Waals surface area contributed by atoms with Crippen molar-refractivity contribution in [2.24, 2.45) is 5.92 Å². The minimum atomic E-state index is -0.171. The molecule has 0 aliphatic carbocycles. The Hall–Kier alpha value is -0.390. The van der Waals surface area contributed by atoms with Crippen molar-refractivity contribution in [3.63, 3.8) is 0 Å². The lowest BCUT2D eigenvalue weighted by Crippen LogP contribution is -2.26. The second kappa shape index (κ2) is 6.25. The molecule has 5 heteroatoms. The SMILES string of the molecule is COC(=O)C(C)CNCc1cc(Br)cs1. The summed E-state index contributed by atoms with van der Waals surface area (Å²) in [6.07, 6.45) is 0. The smallest absolute Gasteiger partial charge is 0.309 e. The number of carbonyl (C=O) groups excluding carboxylic acids is 1. The van der Waals surface area contributed by atoms with Gasteiger partial charge in [0.05, 0.1) is 13.0 Å². The molecule has 1 aromatic heterocycles. The van der Waals surface area contributed by atoms with Crippen molar-refractivity contribution in [2.75, 3.05) is 13.7 Å². The molecule has 0 amide bonds. The van der Waals surface area contributed by atoms with E-state index in [2.05, 4.69) is 32.0 Å². The molecule has 3 nitrogen and oxygen atoms in total. The molecule has 1 N–H and O–H groups in total. The molecule has 1 unspecified atom stereocenters. The van der Waals surface area contributed by atoms with Crippen LogP contribution in [-0.2, 0) is 16.1 Å². The number of thiophene rings is 1. The minimum Gasteiger partial charge on any atom is -0.469 e. The van der Waals surface area contributed by atoms with Crippen molar-refractivity contribution >= 4 is 33.2 Å². The largest absolute Gasteiger partial charge is 0.469 e. The van der Waals surface area contributed by atoms with E-state index in [1.54, 1.807) is 11.3 Å². The van der Waals surface area contributed by atoms with Crippen molar-refractivity contribution in [3.05, 3.63) is 20.8 Å². The zero-order valence-electron chi connectivity index (χ0n) is 8.75. The molecule has 0 radical (unpaired) electrons. The molecule has 0 aliphatic rings. The van der Waals surface area contributed by atoms with Gasteiger partial charge >= 0.3 is 5.97 Å². The monoisotopic (exact) mass is 291 g/mol. The summed E-state index contributed by atoms with van der Waals surface area (Å²) in [5, 5.41) is 5.26. The molecule has 1 rings (SSSR count). The van der Waals surface area contributed by atoms with E-state index >= 15 is 0 Å². The molecule has 0 spiro atoms. The third-order valence-electron chi connectivity index (χ3n) is 1.98. The van der Waals surface area contributed by atoms with Crippen LogP contribution in [0.1, 0.15) is 11.8 Å². The van der Waals surface area contributed by atoms with Gasteiger partial charge < -0.3 is 10.1 Å². The predicted octanol–water partition coefficient (Wildman–Crippen LogP) is 2.41. The second-order valence-electron chi connectivity index (χ2n) is 3.29. The number of ether oxygens (including phenoxy) is 1. The molecule has 1 heterocycles. The highest BCUT2D eigenvalue weighted by atomic mass is 79.9. The van der Waals surface area contributed by atoms with Gasteiger partial charge in [0.25, 0.3) is 0 Å². The van der Waals surface area contributed by atoms with E-state index < -0.39 is 0 Å². The first-order valence-corrected chi connectivity index (χ1v) is 6.32. The molecule has 1 aromatic rings. The number of esters is 1. The Labute approximate surface area is 102 Å². The van der Waals surface area contributed by atoms with Gasteiger partial charge in [-0.1, -0.05) is 6.92 Å². The lowest BCUT2D eigenvalue weighted by atomic mass is 10.2. The third kappa shape index (κ3) is 4.32. The fraction of sp³-hybridized carbons (Fsp3) is 0.500. The van der Waals surface area contributed by atoms with Gasteiger partial charge in [0.1, 0.15) is 0 Å². The summed E-state index contributed by atoms with van der Waals surface area (Å²) in [4.78, 5) is 12.3. The highest BCUT2D eigenvalue weighted by Crippen LogP contribution is 2.19. The summed E-state index contributed by atoms with van der Waals surface area (Å²) >= 11 is 5.09. The van der Waals surface area contributed by atoms with Gasteiger partial charge in [-0.25, -0.2) is 0 Å². The Bertz CT molecular complexity index is 327. The van der Waals surface area contributed by atoms with Crippen LogP contribution in [0.15, 0.2) is 15.9 Å². The van der Waals surface area contributed by atoms with Crippen LogP contribution in [0.3, 0.4) is 0 Å². The molecule has 0 aliphatic heterocycles. The maximum Gasteiger partial charge on any atom is 0.309 e. The molecule has 0 bridgehead atoms. The van der Waals surface area contributed by atoms with Gasteiger partial charge in [-0.15, -0.1) is 11.3 Å². The Morgan fingerprint density at radius 3 is 3.00 bits per heavy atom. The lowest BCUT2D eigenvalue weighted by molar-refractivity contribution is -0.144. The average molecular weight is 292 g/mol. The third-order valence-corrected chi connectivity index (χ3v) is 3.67. The summed E-state index contributed by atoms with van der Waals surface area (Å²) in [5.74, 6) is -0.270. The number of hydrogen-bond acceptors (Lipinski definition) is 4. The van der Waals surface area contributed by atoms with Crippen LogP contribution in [0.2, 0.25) is 0 Å². The minimum absolute atomic E-state index is 0.0987. The van der Waals surface area contributed by atoms with Crippen LogP contribution < -0.4 is 5.32 Å². The van der Waals surface area contributed by atoms with Gasteiger partial charge in [-0.05, 0) is 22.0 Å². The topological polar surface area (TPSA) is 38.3 Å². The maximum absolute atomic E-state index is 11.1. The number of carbonyl (C=O) groups is 1. The molecule has 0 fully saturated rings. The standard InChI is InChI=1S/C10H14BrNO2S/c1-7(10(13)14-2)4-12-5-9-3-8(11)6-15-9/h3,6-7,12H,4-5H2,1-2H3. The summed E-state index contributed by atoms with van der Waals surface area (Å²) in [6.45, 7) is 3.28. The van der Waals surface area contributed by atoms with E-state index in [9.17, 15) is 4.79 Å². The Morgan fingerprint density at radius 1 is 1.73 bits per heavy atom. The molecular weight excluding hydrogens is 278 g/mol. The van der Waals surface area contributed by atoms with Crippen molar-refractivity contribution in [1.29, 1.82) is 0 Å². The lowest BCUT2D eigenvalue weighted by Gasteiger charge is -2.09. The summed E-state index contributed by atoms with van der Waals surface area (Å²) < 4.78 is 5.74. The number of halogens is 1. The highest BCUT2D eigenvalue weighted by Gasteiger charge is 2.11. The normalized spacial score (nSPS) is 12.5. The van der Waals surface area contributed by atoms with Crippen molar-refractivity contribution in [3.8, 4) is 0 Å². The summed E-state index contributed by atoms with van der Waals surface area (Å²) in [6, 6.07) is 2.07. The number of methoxy groups -OCH3 is 1. The van der Waals surface area contributed by atoms with Gasteiger partial charge in [0, 0.05) is 27.8 Å². The van der Waals surface area contributed by atoms with E-state index in [4.69, 9.17) is 0 Å². The first-order chi connectivity index (χ1) is 7.13. The number of nitrogens with one attached hydrogen (secondary N) is 1. The van der Waals surface area contributed by atoms with E-state index in [1.165, 1.54) is 12.0 Å². The zero-order valence-corrected chi connectivity index (χ0v) is 11.2. The Morgan fingerprint density at radius 2 is 2.47 bits per heavy atom. The zero-order chi connectivity index (χ0) is 11.3. The molecule has 0 saturated heterocycles. The average Bonchev–Trinajstić information content (AvgIpc) is 2.63. The van der Waals surface area contributed by atoms with E-state index in [0.717, 1.165) is 11.0 Å². The fourth-order valence-corrected chi connectivity index (χ4v) is 2.56. The van der Waals surface area contributed by atoms with Crippen LogP contribution in [-0.4, -0.2) is 19.6 Å². The van der Waals surface area contributed by atoms with E-state index in [0.29, 0.717) is 6.54 Å². The first-order valence-electron chi connectivity index (χ1n) is 4.65. The van der Waals surface area contributed by atoms with Gasteiger partial charge in [0.2, 0.25) is 0 Å². The van der Waals surface area contributed by atoms with E-state index in [-0.39, 0.29) is 11.9 Å². The highest BCUT2D eigenvalue weighted by molar-refractivity contribution is 9.10. The van der Waals surface area contributed by atoms with Gasteiger partial charge in [-0.3, -0.25) is 4.79 Å².